The van der Waals surface area contributed by atoms with Crippen LogP contribution in [-0.4, -0.2) is 41.6 Å². The van der Waals surface area contributed by atoms with Crippen LogP contribution in [0.15, 0.2) is 64.7 Å². The van der Waals surface area contributed by atoms with Gasteiger partial charge in [0, 0.05) is 29.4 Å². The van der Waals surface area contributed by atoms with Gasteiger partial charge in [-0.2, -0.15) is 0 Å². The van der Waals surface area contributed by atoms with Crippen molar-refractivity contribution in [1.29, 1.82) is 0 Å². The first-order valence-corrected chi connectivity index (χ1v) is 10.6. The predicted molar refractivity (Wildman–Crippen MR) is 118 cm³/mol. The van der Waals surface area contributed by atoms with E-state index in [1.807, 2.05) is 42.6 Å². The average molecular weight is 399 g/mol. The highest BCUT2D eigenvalue weighted by molar-refractivity contribution is 5.96. The van der Waals surface area contributed by atoms with Crippen LogP contribution in [0.5, 0.6) is 0 Å². The molecule has 2 amide bonds. The van der Waals surface area contributed by atoms with Crippen molar-refractivity contribution in [3.05, 3.63) is 70.8 Å². The van der Waals surface area contributed by atoms with Gasteiger partial charge in [-0.3, -0.25) is 14.6 Å². The topological polar surface area (TPSA) is 75.8 Å². The van der Waals surface area contributed by atoms with Gasteiger partial charge in [0.2, 0.25) is 5.91 Å². The van der Waals surface area contributed by atoms with Gasteiger partial charge in [0.25, 0.3) is 5.91 Å². The Morgan fingerprint density at radius 1 is 0.867 bits per heavy atom. The second-order valence-corrected chi connectivity index (χ2v) is 8.46. The molecule has 0 bridgehead atoms. The number of hydrogen-bond acceptors (Lipinski definition) is 3. The standard InChI is InChI=1S/C25H25N3O2/c26-24(29)18-5-1-16(2-6-18)17-3-7-19(8-4-17)25(30)28(22-11-12-22)23-10-9-20-14-27-15-21(20)13-23/h1-8,15,22-23H,9-14H2,(H2,26,29). The zero-order valence-electron chi connectivity index (χ0n) is 16.9. The van der Waals surface area contributed by atoms with E-state index in [0.29, 0.717) is 11.6 Å². The molecule has 5 rings (SSSR count). The van der Waals surface area contributed by atoms with E-state index in [0.717, 1.165) is 55.3 Å². The molecule has 0 aromatic heterocycles. The van der Waals surface area contributed by atoms with E-state index in [-0.39, 0.29) is 11.9 Å². The summed E-state index contributed by atoms with van der Waals surface area (Å²) in [6, 6.07) is 15.6. The van der Waals surface area contributed by atoms with E-state index in [1.165, 1.54) is 11.1 Å². The highest BCUT2D eigenvalue weighted by atomic mass is 16.2. The van der Waals surface area contributed by atoms with E-state index in [4.69, 9.17) is 5.73 Å². The molecule has 1 aliphatic heterocycles. The fourth-order valence-electron chi connectivity index (χ4n) is 4.59. The van der Waals surface area contributed by atoms with E-state index in [2.05, 4.69) is 9.89 Å². The molecule has 2 aromatic carbocycles. The van der Waals surface area contributed by atoms with E-state index >= 15 is 0 Å². The molecule has 0 radical (unpaired) electrons. The molecule has 5 heteroatoms. The molecule has 152 valence electrons. The van der Waals surface area contributed by atoms with Crippen molar-refractivity contribution in [2.45, 2.75) is 44.2 Å². The van der Waals surface area contributed by atoms with Gasteiger partial charge in [-0.15, -0.1) is 0 Å². The van der Waals surface area contributed by atoms with Gasteiger partial charge in [-0.25, -0.2) is 0 Å². The molecule has 0 spiro atoms. The highest BCUT2D eigenvalue weighted by Gasteiger charge is 2.39. The summed E-state index contributed by atoms with van der Waals surface area (Å²) in [5.41, 5.74) is 11.3. The van der Waals surface area contributed by atoms with Crippen LogP contribution in [-0.2, 0) is 0 Å². The molecule has 1 fully saturated rings. The Labute approximate surface area is 176 Å². The SMILES string of the molecule is NC(=O)c1ccc(-c2ccc(C(=O)N(C3CC3)C3CCC4=C(C=NC4)C3)cc2)cc1. The molecule has 0 saturated heterocycles. The fraction of sp³-hybridized carbons (Fsp3) is 0.320. The fourth-order valence-corrected chi connectivity index (χ4v) is 4.59. The van der Waals surface area contributed by atoms with Crippen molar-refractivity contribution in [3.63, 3.8) is 0 Å². The zero-order chi connectivity index (χ0) is 20.7. The monoisotopic (exact) mass is 399 g/mol. The quantitative estimate of drug-likeness (QED) is 0.825. The van der Waals surface area contributed by atoms with Crippen molar-refractivity contribution in [2.24, 2.45) is 10.7 Å². The van der Waals surface area contributed by atoms with Crippen LogP contribution < -0.4 is 5.73 Å². The number of amides is 2. The lowest BCUT2D eigenvalue weighted by molar-refractivity contribution is 0.0645. The summed E-state index contributed by atoms with van der Waals surface area (Å²) in [5, 5.41) is 0. The smallest absolute Gasteiger partial charge is 0.254 e. The van der Waals surface area contributed by atoms with Gasteiger partial charge < -0.3 is 10.6 Å². The van der Waals surface area contributed by atoms with Crippen LogP contribution >= 0.6 is 0 Å². The third-order valence-electron chi connectivity index (χ3n) is 6.42. The predicted octanol–water partition coefficient (Wildman–Crippen LogP) is 3.99. The number of primary amides is 1. The Bertz CT molecular complexity index is 1050. The van der Waals surface area contributed by atoms with Crippen molar-refractivity contribution < 1.29 is 9.59 Å². The Morgan fingerprint density at radius 3 is 2.10 bits per heavy atom. The average Bonchev–Trinajstić information content (AvgIpc) is 3.49. The van der Waals surface area contributed by atoms with Crippen molar-refractivity contribution in [2.75, 3.05) is 6.54 Å². The van der Waals surface area contributed by atoms with Crippen LogP contribution in [0, 0.1) is 0 Å². The van der Waals surface area contributed by atoms with Crippen LogP contribution in [0.4, 0.5) is 0 Å². The number of benzene rings is 2. The summed E-state index contributed by atoms with van der Waals surface area (Å²) in [6.45, 7) is 0.849. The molecule has 30 heavy (non-hydrogen) atoms. The first-order valence-electron chi connectivity index (χ1n) is 10.6. The first kappa shape index (κ1) is 18.8. The second kappa shape index (κ2) is 7.56. The first-order chi connectivity index (χ1) is 14.6. The molecule has 1 unspecified atom stereocenters. The minimum absolute atomic E-state index is 0.136. The largest absolute Gasteiger partial charge is 0.366 e. The lowest BCUT2D eigenvalue weighted by Gasteiger charge is -2.35. The molecule has 2 N–H and O–H groups in total. The maximum absolute atomic E-state index is 13.4. The maximum Gasteiger partial charge on any atom is 0.254 e. The second-order valence-electron chi connectivity index (χ2n) is 8.46. The summed E-state index contributed by atoms with van der Waals surface area (Å²) >= 11 is 0. The van der Waals surface area contributed by atoms with Crippen molar-refractivity contribution in [1.82, 2.24) is 4.90 Å². The van der Waals surface area contributed by atoms with Gasteiger partial charge in [-0.05, 0) is 78.6 Å². The Balaban J connectivity index is 1.34. The molecule has 3 aliphatic rings. The molecular formula is C25H25N3O2. The van der Waals surface area contributed by atoms with Crippen molar-refractivity contribution >= 4 is 18.0 Å². The van der Waals surface area contributed by atoms with E-state index in [1.54, 1.807) is 12.1 Å². The molecular weight excluding hydrogens is 374 g/mol. The van der Waals surface area contributed by atoms with Gasteiger partial charge in [-0.1, -0.05) is 24.3 Å². The minimum atomic E-state index is -0.433. The van der Waals surface area contributed by atoms with E-state index < -0.39 is 5.91 Å². The third kappa shape index (κ3) is 3.56. The molecule has 1 saturated carbocycles. The van der Waals surface area contributed by atoms with Crippen LogP contribution in [0.3, 0.4) is 0 Å². The zero-order valence-corrected chi connectivity index (χ0v) is 16.9. The molecule has 2 aromatic rings. The number of carbonyl (C=O) groups excluding carboxylic acids is 2. The van der Waals surface area contributed by atoms with Gasteiger partial charge in [0.15, 0.2) is 0 Å². The van der Waals surface area contributed by atoms with Crippen LogP contribution in [0.2, 0.25) is 0 Å². The lowest BCUT2D eigenvalue weighted by Crippen LogP contribution is -2.43. The number of hydrogen-bond donors (Lipinski definition) is 1. The van der Waals surface area contributed by atoms with E-state index in [9.17, 15) is 9.59 Å². The van der Waals surface area contributed by atoms with Crippen LogP contribution in [0.25, 0.3) is 11.1 Å². The highest BCUT2D eigenvalue weighted by Crippen LogP contribution is 2.37. The van der Waals surface area contributed by atoms with Crippen LogP contribution in [0.1, 0.15) is 52.8 Å². The Hall–Kier alpha value is -3.21. The van der Waals surface area contributed by atoms with Gasteiger partial charge in [0.05, 0.1) is 6.54 Å². The van der Waals surface area contributed by atoms with Gasteiger partial charge >= 0.3 is 0 Å². The summed E-state index contributed by atoms with van der Waals surface area (Å²) in [6.07, 6.45) is 7.24. The number of nitrogens with two attached hydrogens (primary N) is 1. The Kier molecular flexibility index (Phi) is 4.74. The summed E-state index contributed by atoms with van der Waals surface area (Å²) in [7, 11) is 0. The molecule has 1 atom stereocenters. The van der Waals surface area contributed by atoms with Crippen molar-refractivity contribution in [3.8, 4) is 11.1 Å². The summed E-state index contributed by atoms with van der Waals surface area (Å²) in [4.78, 5) is 31.2. The number of rotatable bonds is 5. The number of nitrogens with zero attached hydrogens (tertiary/aromatic N) is 2. The lowest BCUT2D eigenvalue weighted by atomic mass is 9.88. The summed E-state index contributed by atoms with van der Waals surface area (Å²) < 4.78 is 0. The molecule has 5 nitrogen and oxygen atoms in total. The molecule has 2 aliphatic carbocycles. The number of aliphatic imine (C=N–C) groups is 1. The number of carbonyl (C=O) groups is 2. The third-order valence-corrected chi connectivity index (χ3v) is 6.42. The Morgan fingerprint density at radius 2 is 1.50 bits per heavy atom. The van der Waals surface area contributed by atoms with Gasteiger partial charge in [0.1, 0.15) is 0 Å². The normalized spacial score (nSPS) is 20.2. The minimum Gasteiger partial charge on any atom is -0.366 e. The maximum atomic E-state index is 13.4. The molecule has 1 heterocycles. The summed E-state index contributed by atoms with van der Waals surface area (Å²) in [5.74, 6) is -0.297.